The van der Waals surface area contributed by atoms with Gasteiger partial charge < -0.3 is 9.55 Å². The Hall–Kier alpha value is -2.74. The Morgan fingerprint density at radius 1 is 0.909 bits per heavy atom. The summed E-state index contributed by atoms with van der Waals surface area (Å²) in [5.41, 5.74) is 7.47. The summed E-state index contributed by atoms with van der Waals surface area (Å²) in [7, 11) is 2.14. The second-order valence-electron chi connectivity index (χ2n) is 5.75. The average Bonchev–Trinajstić information content (AvgIpc) is 3.14. The van der Waals surface area contributed by atoms with Crippen molar-refractivity contribution in [2.45, 2.75) is 6.92 Å². The number of H-pyrrole nitrogens is 1. The Morgan fingerprint density at radius 2 is 1.73 bits per heavy atom. The lowest BCUT2D eigenvalue weighted by atomic mass is 10.00. The molecule has 0 radical (unpaired) electrons. The SMILES string of the molecule is Cc1ccc2c(c1)c(-c1ccccc1)c(-c1ccc[nH]1)n2C. The number of fused-ring (bicyclic) bond motifs is 1. The van der Waals surface area contributed by atoms with E-state index in [1.165, 1.54) is 33.3 Å². The highest BCUT2D eigenvalue weighted by molar-refractivity contribution is 6.04. The largest absolute Gasteiger partial charge is 0.360 e. The Balaban J connectivity index is 2.16. The predicted molar refractivity (Wildman–Crippen MR) is 92.9 cm³/mol. The third kappa shape index (κ3) is 1.88. The van der Waals surface area contributed by atoms with Crippen LogP contribution in [0, 0.1) is 6.92 Å². The third-order valence-corrected chi connectivity index (χ3v) is 4.27. The number of nitrogens with one attached hydrogen (secondary N) is 1. The van der Waals surface area contributed by atoms with Crippen LogP contribution in [-0.4, -0.2) is 9.55 Å². The predicted octanol–water partition coefficient (Wildman–Crippen LogP) is 5.15. The first kappa shape index (κ1) is 13.0. The molecule has 0 aliphatic rings. The molecule has 0 atom stereocenters. The number of hydrogen-bond donors (Lipinski definition) is 1. The molecule has 4 aromatic rings. The monoisotopic (exact) mass is 286 g/mol. The Morgan fingerprint density at radius 3 is 2.45 bits per heavy atom. The lowest BCUT2D eigenvalue weighted by Gasteiger charge is -2.06. The van der Waals surface area contributed by atoms with E-state index in [9.17, 15) is 0 Å². The van der Waals surface area contributed by atoms with E-state index in [0.717, 1.165) is 5.69 Å². The summed E-state index contributed by atoms with van der Waals surface area (Å²) in [6.45, 7) is 2.15. The van der Waals surface area contributed by atoms with Crippen molar-refractivity contribution in [2.75, 3.05) is 0 Å². The number of nitrogens with zero attached hydrogens (tertiary/aromatic N) is 1. The van der Waals surface area contributed by atoms with Crippen molar-refractivity contribution in [3.63, 3.8) is 0 Å². The molecule has 2 nitrogen and oxygen atoms in total. The zero-order chi connectivity index (χ0) is 15.1. The smallest absolute Gasteiger partial charge is 0.0733 e. The molecule has 0 amide bonds. The first-order valence-electron chi connectivity index (χ1n) is 7.54. The molecule has 2 aromatic heterocycles. The molecular weight excluding hydrogens is 268 g/mol. The van der Waals surface area contributed by atoms with Crippen LogP contribution in [0.1, 0.15) is 5.56 Å². The first-order chi connectivity index (χ1) is 10.8. The van der Waals surface area contributed by atoms with Crippen LogP contribution in [0.4, 0.5) is 0 Å². The molecular formula is C20H18N2. The fourth-order valence-electron chi connectivity index (χ4n) is 3.25. The second kappa shape index (κ2) is 4.92. The molecule has 2 heteroatoms. The van der Waals surface area contributed by atoms with Crippen LogP contribution in [-0.2, 0) is 7.05 Å². The van der Waals surface area contributed by atoms with E-state index in [1.54, 1.807) is 0 Å². The van der Waals surface area contributed by atoms with Gasteiger partial charge in [-0.2, -0.15) is 0 Å². The van der Waals surface area contributed by atoms with Crippen LogP contribution >= 0.6 is 0 Å². The number of aromatic amines is 1. The van der Waals surface area contributed by atoms with Gasteiger partial charge in [0, 0.05) is 29.7 Å². The van der Waals surface area contributed by atoms with Gasteiger partial charge in [-0.05, 0) is 36.8 Å². The van der Waals surface area contributed by atoms with E-state index in [2.05, 4.69) is 78.1 Å². The van der Waals surface area contributed by atoms with E-state index in [0.29, 0.717) is 0 Å². The number of aryl methyl sites for hydroxylation is 2. The molecule has 0 spiro atoms. The van der Waals surface area contributed by atoms with E-state index in [1.807, 2.05) is 12.3 Å². The van der Waals surface area contributed by atoms with Gasteiger partial charge in [0.1, 0.15) is 0 Å². The minimum absolute atomic E-state index is 1.15. The van der Waals surface area contributed by atoms with Crippen molar-refractivity contribution in [3.05, 3.63) is 72.4 Å². The fraction of sp³-hybridized carbons (Fsp3) is 0.100. The molecule has 0 bridgehead atoms. The molecule has 0 aliphatic heterocycles. The normalized spacial score (nSPS) is 11.2. The lowest BCUT2D eigenvalue weighted by Crippen LogP contribution is -1.92. The van der Waals surface area contributed by atoms with Crippen LogP contribution in [0.5, 0.6) is 0 Å². The lowest BCUT2D eigenvalue weighted by molar-refractivity contribution is 0.973. The minimum atomic E-state index is 1.15. The molecule has 0 saturated carbocycles. The molecule has 108 valence electrons. The fourth-order valence-corrected chi connectivity index (χ4v) is 3.25. The molecule has 4 rings (SSSR count). The third-order valence-electron chi connectivity index (χ3n) is 4.27. The average molecular weight is 286 g/mol. The molecule has 0 unspecified atom stereocenters. The standard InChI is InChI=1S/C20H18N2/c1-14-10-11-18-16(13-14)19(15-7-4-3-5-8-15)20(22(18)2)17-9-6-12-21-17/h3-13,21H,1-2H3. The van der Waals surface area contributed by atoms with Gasteiger partial charge in [-0.1, -0.05) is 42.0 Å². The zero-order valence-electron chi connectivity index (χ0n) is 12.8. The maximum absolute atomic E-state index is 3.36. The van der Waals surface area contributed by atoms with E-state index in [-0.39, 0.29) is 0 Å². The van der Waals surface area contributed by atoms with E-state index < -0.39 is 0 Å². The quantitative estimate of drug-likeness (QED) is 0.526. The zero-order valence-corrected chi connectivity index (χ0v) is 12.8. The van der Waals surface area contributed by atoms with E-state index >= 15 is 0 Å². The summed E-state index contributed by atoms with van der Waals surface area (Å²) in [6, 6.07) is 21.5. The van der Waals surface area contributed by atoms with Gasteiger partial charge in [0.15, 0.2) is 0 Å². The summed E-state index contributed by atoms with van der Waals surface area (Å²) in [5.74, 6) is 0. The van der Waals surface area contributed by atoms with E-state index in [4.69, 9.17) is 0 Å². The maximum atomic E-state index is 3.36. The number of hydrogen-bond acceptors (Lipinski definition) is 0. The van der Waals surface area contributed by atoms with Crippen LogP contribution in [0.25, 0.3) is 33.4 Å². The van der Waals surface area contributed by atoms with Crippen molar-refractivity contribution in [1.82, 2.24) is 9.55 Å². The van der Waals surface area contributed by atoms with Crippen molar-refractivity contribution in [1.29, 1.82) is 0 Å². The van der Waals surface area contributed by atoms with Gasteiger partial charge in [0.25, 0.3) is 0 Å². The van der Waals surface area contributed by atoms with Gasteiger partial charge >= 0.3 is 0 Å². The summed E-state index contributed by atoms with van der Waals surface area (Å²) >= 11 is 0. The second-order valence-corrected chi connectivity index (χ2v) is 5.75. The Labute approximate surface area is 130 Å². The van der Waals surface area contributed by atoms with Gasteiger partial charge in [-0.3, -0.25) is 0 Å². The molecule has 0 aliphatic carbocycles. The van der Waals surface area contributed by atoms with Crippen molar-refractivity contribution < 1.29 is 0 Å². The molecule has 1 N–H and O–H groups in total. The topological polar surface area (TPSA) is 20.7 Å². The highest BCUT2D eigenvalue weighted by Crippen LogP contribution is 2.39. The number of benzene rings is 2. The Kier molecular flexibility index (Phi) is 2.90. The number of rotatable bonds is 2. The highest BCUT2D eigenvalue weighted by atomic mass is 15.0. The van der Waals surface area contributed by atoms with Crippen molar-refractivity contribution in [2.24, 2.45) is 7.05 Å². The van der Waals surface area contributed by atoms with Crippen molar-refractivity contribution >= 4 is 10.9 Å². The van der Waals surface area contributed by atoms with Crippen LogP contribution < -0.4 is 0 Å². The molecule has 2 heterocycles. The first-order valence-corrected chi connectivity index (χ1v) is 7.54. The molecule has 2 aromatic carbocycles. The van der Waals surface area contributed by atoms with Crippen LogP contribution in [0.3, 0.4) is 0 Å². The minimum Gasteiger partial charge on any atom is -0.360 e. The van der Waals surface area contributed by atoms with Crippen LogP contribution in [0.15, 0.2) is 66.9 Å². The van der Waals surface area contributed by atoms with Gasteiger partial charge in [0.05, 0.1) is 11.4 Å². The highest BCUT2D eigenvalue weighted by Gasteiger charge is 2.18. The summed E-state index contributed by atoms with van der Waals surface area (Å²) < 4.78 is 2.28. The molecule has 0 fully saturated rings. The Bertz CT molecular complexity index is 929. The van der Waals surface area contributed by atoms with Crippen molar-refractivity contribution in [3.8, 4) is 22.5 Å². The van der Waals surface area contributed by atoms with Gasteiger partial charge in [-0.25, -0.2) is 0 Å². The maximum Gasteiger partial charge on any atom is 0.0733 e. The van der Waals surface area contributed by atoms with Gasteiger partial charge in [-0.15, -0.1) is 0 Å². The summed E-state index contributed by atoms with van der Waals surface area (Å²) in [6.07, 6.45) is 1.98. The summed E-state index contributed by atoms with van der Waals surface area (Å²) in [4.78, 5) is 3.36. The molecule has 0 saturated heterocycles. The molecule has 22 heavy (non-hydrogen) atoms. The number of aromatic nitrogens is 2. The van der Waals surface area contributed by atoms with Gasteiger partial charge in [0.2, 0.25) is 0 Å². The summed E-state index contributed by atoms with van der Waals surface area (Å²) in [5, 5.41) is 1.30. The van der Waals surface area contributed by atoms with Crippen LogP contribution in [0.2, 0.25) is 0 Å².